The lowest BCUT2D eigenvalue weighted by molar-refractivity contribution is 1.53. The van der Waals surface area contributed by atoms with Gasteiger partial charge in [-0.3, -0.25) is 0 Å². The summed E-state index contributed by atoms with van der Waals surface area (Å²) in [7, 11) is 0. The molecule has 0 amide bonds. The molecule has 0 atom stereocenters. The monoisotopic (exact) mass is 230 g/mol. The Kier molecular flexibility index (Phi) is 2.19. The molecule has 0 saturated carbocycles. The fourth-order valence-electron chi connectivity index (χ4n) is 1.83. The van der Waals surface area contributed by atoms with Crippen molar-refractivity contribution in [3.8, 4) is 0 Å². The Morgan fingerprint density at radius 3 is 2.60 bits per heavy atom. The minimum absolute atomic E-state index is 1.34. The van der Waals surface area contributed by atoms with Crippen molar-refractivity contribution >= 4 is 43.3 Å². The van der Waals surface area contributed by atoms with Gasteiger partial charge in [-0.15, -0.1) is 23.1 Å². The van der Waals surface area contributed by atoms with Crippen LogP contribution in [0.3, 0.4) is 0 Å². The lowest BCUT2D eigenvalue weighted by Crippen LogP contribution is -1.69. The summed E-state index contributed by atoms with van der Waals surface area (Å²) in [6, 6.07) is 15.3. The van der Waals surface area contributed by atoms with Crippen LogP contribution in [-0.2, 0) is 0 Å². The lowest BCUT2D eigenvalue weighted by Gasteiger charge is -1.95. The second-order valence-corrected chi connectivity index (χ2v) is 5.42. The Morgan fingerprint density at radius 2 is 1.73 bits per heavy atom. The molecule has 1 aromatic heterocycles. The third kappa shape index (κ3) is 1.45. The van der Waals surface area contributed by atoms with Crippen LogP contribution in [0.4, 0.5) is 0 Å². The van der Waals surface area contributed by atoms with Crippen molar-refractivity contribution in [2.75, 3.05) is 6.26 Å². The first-order chi connectivity index (χ1) is 7.38. The van der Waals surface area contributed by atoms with Gasteiger partial charge in [-0.05, 0) is 30.5 Å². The van der Waals surface area contributed by atoms with Gasteiger partial charge in [0, 0.05) is 25.1 Å². The third-order valence-electron chi connectivity index (χ3n) is 2.58. The first kappa shape index (κ1) is 9.25. The first-order valence-electron chi connectivity index (χ1n) is 4.84. The third-order valence-corrected chi connectivity index (χ3v) is 4.46. The van der Waals surface area contributed by atoms with Gasteiger partial charge in [0.15, 0.2) is 0 Å². The van der Waals surface area contributed by atoms with Gasteiger partial charge in [-0.1, -0.05) is 18.2 Å². The van der Waals surface area contributed by atoms with Crippen LogP contribution in [0, 0.1) is 0 Å². The van der Waals surface area contributed by atoms with E-state index >= 15 is 0 Å². The van der Waals surface area contributed by atoms with E-state index in [1.165, 1.54) is 25.1 Å². The molecule has 74 valence electrons. The highest BCUT2D eigenvalue weighted by atomic mass is 32.2. The van der Waals surface area contributed by atoms with Crippen LogP contribution in [0.25, 0.3) is 20.2 Å². The molecule has 0 N–H and O–H groups in total. The van der Waals surface area contributed by atoms with Crippen molar-refractivity contribution in [1.29, 1.82) is 0 Å². The maximum absolute atomic E-state index is 2.29. The minimum Gasteiger partial charge on any atom is -0.135 e. The van der Waals surface area contributed by atoms with Crippen LogP contribution < -0.4 is 0 Å². The molecule has 0 fully saturated rings. The quantitative estimate of drug-likeness (QED) is 0.542. The van der Waals surface area contributed by atoms with Gasteiger partial charge >= 0.3 is 0 Å². The molecule has 0 unspecified atom stereocenters. The Morgan fingerprint density at radius 1 is 0.933 bits per heavy atom. The predicted octanol–water partition coefficient (Wildman–Crippen LogP) is 4.78. The van der Waals surface area contributed by atoms with E-state index < -0.39 is 0 Å². The molecule has 3 rings (SSSR count). The number of rotatable bonds is 1. The van der Waals surface area contributed by atoms with Gasteiger partial charge in [0.1, 0.15) is 0 Å². The summed E-state index contributed by atoms with van der Waals surface area (Å²) in [6.07, 6.45) is 2.12. The predicted molar refractivity (Wildman–Crippen MR) is 71.1 cm³/mol. The van der Waals surface area contributed by atoms with Crippen LogP contribution in [0.5, 0.6) is 0 Å². The number of thioether (sulfide) groups is 1. The van der Waals surface area contributed by atoms with E-state index in [2.05, 4.69) is 48.7 Å². The van der Waals surface area contributed by atoms with Gasteiger partial charge in [-0.2, -0.15) is 0 Å². The van der Waals surface area contributed by atoms with E-state index in [0.29, 0.717) is 0 Å². The van der Waals surface area contributed by atoms with Crippen molar-refractivity contribution in [3.05, 3.63) is 42.5 Å². The van der Waals surface area contributed by atoms with E-state index in [4.69, 9.17) is 0 Å². The Labute approximate surface area is 96.9 Å². The molecule has 0 aliphatic carbocycles. The van der Waals surface area contributed by atoms with Crippen molar-refractivity contribution in [2.45, 2.75) is 4.90 Å². The van der Waals surface area contributed by atoms with Crippen molar-refractivity contribution in [3.63, 3.8) is 0 Å². The molecule has 0 nitrogen and oxygen atoms in total. The maximum Gasteiger partial charge on any atom is 0.0356 e. The fourth-order valence-corrected chi connectivity index (χ4v) is 3.36. The molecule has 15 heavy (non-hydrogen) atoms. The summed E-state index contributed by atoms with van der Waals surface area (Å²) in [5, 5.41) is 2.77. The molecule has 1 heterocycles. The molecular formula is C13H10S2. The molecule has 0 aliphatic rings. The summed E-state index contributed by atoms with van der Waals surface area (Å²) < 4.78 is 2.76. The van der Waals surface area contributed by atoms with E-state index in [9.17, 15) is 0 Å². The van der Waals surface area contributed by atoms with Crippen LogP contribution in [0.2, 0.25) is 0 Å². The molecule has 2 aromatic carbocycles. The molecule has 0 radical (unpaired) electrons. The Balaban J connectivity index is 2.46. The summed E-state index contributed by atoms with van der Waals surface area (Å²) in [6.45, 7) is 0. The first-order valence-corrected chi connectivity index (χ1v) is 6.88. The molecule has 2 heteroatoms. The van der Waals surface area contributed by atoms with Crippen LogP contribution in [0.1, 0.15) is 0 Å². The summed E-state index contributed by atoms with van der Waals surface area (Å²) in [5.74, 6) is 0. The number of thiophene rings is 1. The number of hydrogen-bond acceptors (Lipinski definition) is 2. The van der Waals surface area contributed by atoms with Gasteiger partial charge in [0.05, 0.1) is 0 Å². The van der Waals surface area contributed by atoms with Gasteiger partial charge < -0.3 is 0 Å². The zero-order chi connectivity index (χ0) is 10.3. The largest absolute Gasteiger partial charge is 0.135 e. The standard InChI is InChI=1S/C13H10S2/c1-14-9-6-7-13-11(8-9)10-4-2-3-5-12(10)15-13/h2-8H,1H3. The lowest BCUT2D eigenvalue weighted by atomic mass is 10.1. The van der Waals surface area contributed by atoms with E-state index in [-0.39, 0.29) is 0 Å². The number of fused-ring (bicyclic) bond motifs is 3. The van der Waals surface area contributed by atoms with Gasteiger partial charge in [0.2, 0.25) is 0 Å². The second kappa shape index (κ2) is 3.54. The van der Waals surface area contributed by atoms with E-state index in [1.54, 1.807) is 11.8 Å². The smallest absolute Gasteiger partial charge is 0.0356 e. The van der Waals surface area contributed by atoms with Crippen molar-refractivity contribution in [2.24, 2.45) is 0 Å². The molecule has 0 aliphatic heterocycles. The average Bonchev–Trinajstić information content (AvgIpc) is 2.66. The Bertz CT molecular complexity index is 623. The fraction of sp³-hybridized carbons (Fsp3) is 0.0769. The summed E-state index contributed by atoms with van der Waals surface area (Å²) >= 11 is 3.67. The SMILES string of the molecule is CSc1ccc2sc3ccccc3c2c1. The number of benzene rings is 2. The maximum atomic E-state index is 2.29. The average molecular weight is 230 g/mol. The highest BCUT2D eigenvalue weighted by molar-refractivity contribution is 7.98. The molecule has 0 spiro atoms. The van der Waals surface area contributed by atoms with E-state index in [1.807, 2.05) is 11.3 Å². The minimum atomic E-state index is 1.34. The van der Waals surface area contributed by atoms with Crippen LogP contribution >= 0.6 is 23.1 Å². The highest BCUT2D eigenvalue weighted by Gasteiger charge is 2.04. The van der Waals surface area contributed by atoms with Crippen LogP contribution in [0.15, 0.2) is 47.4 Å². The van der Waals surface area contributed by atoms with Crippen LogP contribution in [-0.4, -0.2) is 6.26 Å². The molecular weight excluding hydrogens is 220 g/mol. The van der Waals surface area contributed by atoms with Gasteiger partial charge in [-0.25, -0.2) is 0 Å². The molecule has 3 aromatic rings. The zero-order valence-corrected chi connectivity index (χ0v) is 9.99. The van der Waals surface area contributed by atoms with Crippen molar-refractivity contribution in [1.82, 2.24) is 0 Å². The molecule has 0 bridgehead atoms. The topological polar surface area (TPSA) is 0 Å². The van der Waals surface area contributed by atoms with Crippen molar-refractivity contribution < 1.29 is 0 Å². The van der Waals surface area contributed by atoms with E-state index in [0.717, 1.165) is 0 Å². The summed E-state index contributed by atoms with van der Waals surface area (Å²) in [4.78, 5) is 1.34. The summed E-state index contributed by atoms with van der Waals surface area (Å²) in [5.41, 5.74) is 0. The normalized spacial score (nSPS) is 11.3. The highest BCUT2D eigenvalue weighted by Crippen LogP contribution is 2.35. The zero-order valence-electron chi connectivity index (χ0n) is 8.36. The second-order valence-electron chi connectivity index (χ2n) is 3.46. The molecule has 0 saturated heterocycles. The Hall–Kier alpha value is -0.990. The van der Waals surface area contributed by atoms with Gasteiger partial charge in [0.25, 0.3) is 0 Å². The number of hydrogen-bond donors (Lipinski definition) is 0.